The van der Waals surface area contributed by atoms with Crippen molar-refractivity contribution in [1.29, 1.82) is 0 Å². The number of hydrogen-bond acceptors (Lipinski definition) is 6. The zero-order chi connectivity index (χ0) is 20.8. The van der Waals surface area contributed by atoms with Gasteiger partial charge in [0.25, 0.3) is 0 Å². The minimum atomic E-state index is 0.469. The SMILES string of the molecule is Cc1csc(Nc2ncc(SCc3cccc(Cl)c3)cc2OCc2ccccc2)n1. The Hall–Kier alpha value is -2.54. The molecular formula is C23H20ClN3OS2. The fourth-order valence-electron chi connectivity index (χ4n) is 2.75. The number of thiazole rings is 1. The van der Waals surface area contributed by atoms with Crippen LogP contribution >= 0.6 is 34.7 Å². The number of aryl methyl sites for hydroxylation is 1. The Balaban J connectivity index is 1.52. The van der Waals surface area contributed by atoms with Crippen LogP contribution in [0.4, 0.5) is 10.9 Å². The highest BCUT2D eigenvalue weighted by molar-refractivity contribution is 7.98. The number of thioether (sulfide) groups is 1. The number of hydrogen-bond donors (Lipinski definition) is 1. The summed E-state index contributed by atoms with van der Waals surface area (Å²) in [5, 5.41) is 6.83. The van der Waals surface area contributed by atoms with Gasteiger partial charge in [-0.1, -0.05) is 54.1 Å². The number of rotatable bonds is 8. The molecule has 1 N–H and O–H groups in total. The van der Waals surface area contributed by atoms with E-state index in [4.69, 9.17) is 16.3 Å². The van der Waals surface area contributed by atoms with Gasteiger partial charge in [0, 0.05) is 27.2 Å². The maximum atomic E-state index is 6.13. The monoisotopic (exact) mass is 453 g/mol. The first-order valence-electron chi connectivity index (χ1n) is 9.39. The summed E-state index contributed by atoms with van der Waals surface area (Å²) in [6.45, 7) is 2.44. The Bertz CT molecular complexity index is 1120. The zero-order valence-electron chi connectivity index (χ0n) is 16.3. The van der Waals surface area contributed by atoms with Crippen LogP contribution in [0.2, 0.25) is 5.02 Å². The third kappa shape index (κ3) is 5.75. The molecule has 4 rings (SSSR count). The summed E-state index contributed by atoms with van der Waals surface area (Å²) in [5.41, 5.74) is 3.24. The fourth-order valence-corrected chi connectivity index (χ4v) is 4.48. The molecular weight excluding hydrogens is 434 g/mol. The summed E-state index contributed by atoms with van der Waals surface area (Å²) >= 11 is 9.34. The van der Waals surface area contributed by atoms with E-state index in [-0.39, 0.29) is 0 Å². The molecule has 0 aliphatic rings. The molecule has 2 aromatic heterocycles. The van der Waals surface area contributed by atoms with Crippen molar-refractivity contribution in [1.82, 2.24) is 9.97 Å². The van der Waals surface area contributed by atoms with Crippen molar-refractivity contribution < 1.29 is 4.74 Å². The molecule has 0 aliphatic carbocycles. The molecule has 30 heavy (non-hydrogen) atoms. The van der Waals surface area contributed by atoms with E-state index >= 15 is 0 Å². The molecule has 2 aromatic carbocycles. The first-order chi connectivity index (χ1) is 14.7. The smallest absolute Gasteiger partial charge is 0.188 e. The van der Waals surface area contributed by atoms with Gasteiger partial charge in [-0.05, 0) is 36.2 Å². The molecule has 0 radical (unpaired) electrons. The highest BCUT2D eigenvalue weighted by Gasteiger charge is 2.11. The lowest BCUT2D eigenvalue weighted by Crippen LogP contribution is -2.01. The van der Waals surface area contributed by atoms with Crippen LogP contribution in [-0.4, -0.2) is 9.97 Å². The van der Waals surface area contributed by atoms with Gasteiger partial charge in [-0.3, -0.25) is 0 Å². The number of halogens is 1. The minimum absolute atomic E-state index is 0.469. The molecule has 0 bridgehead atoms. The molecule has 0 spiro atoms. The molecule has 0 fully saturated rings. The predicted octanol–water partition coefficient (Wildman–Crippen LogP) is 7.11. The van der Waals surface area contributed by atoms with Gasteiger partial charge in [-0.25, -0.2) is 9.97 Å². The third-order valence-electron chi connectivity index (χ3n) is 4.20. The van der Waals surface area contributed by atoms with Crippen LogP contribution in [0.5, 0.6) is 5.75 Å². The molecule has 0 saturated heterocycles. The van der Waals surface area contributed by atoms with Crippen LogP contribution in [0.3, 0.4) is 0 Å². The van der Waals surface area contributed by atoms with E-state index in [9.17, 15) is 0 Å². The Morgan fingerprint density at radius 1 is 1.07 bits per heavy atom. The fraction of sp³-hybridized carbons (Fsp3) is 0.130. The van der Waals surface area contributed by atoms with Gasteiger partial charge in [-0.2, -0.15) is 0 Å². The lowest BCUT2D eigenvalue weighted by molar-refractivity contribution is 0.306. The summed E-state index contributed by atoms with van der Waals surface area (Å²) < 4.78 is 6.13. The highest BCUT2D eigenvalue weighted by Crippen LogP contribution is 2.33. The topological polar surface area (TPSA) is 47.0 Å². The second-order valence-corrected chi connectivity index (χ2v) is 8.97. The summed E-state index contributed by atoms with van der Waals surface area (Å²) in [4.78, 5) is 10.1. The molecule has 4 nitrogen and oxygen atoms in total. The van der Waals surface area contributed by atoms with Gasteiger partial charge < -0.3 is 10.1 Å². The van der Waals surface area contributed by atoms with Crippen LogP contribution in [-0.2, 0) is 12.4 Å². The molecule has 4 aromatic rings. The first-order valence-corrected chi connectivity index (χ1v) is 11.6. The number of pyridine rings is 1. The summed E-state index contributed by atoms with van der Waals surface area (Å²) in [6, 6.07) is 20.0. The first kappa shape index (κ1) is 20.7. The Morgan fingerprint density at radius 3 is 2.67 bits per heavy atom. The average molecular weight is 454 g/mol. The van der Waals surface area contributed by atoms with Crippen LogP contribution in [0.15, 0.2) is 77.1 Å². The minimum Gasteiger partial charge on any atom is -0.485 e. The molecule has 0 saturated carbocycles. The van der Waals surface area contributed by atoms with Crippen molar-refractivity contribution in [3.63, 3.8) is 0 Å². The van der Waals surface area contributed by atoms with Gasteiger partial charge in [0.05, 0.1) is 5.69 Å². The molecule has 0 atom stereocenters. The number of ether oxygens (including phenoxy) is 1. The number of nitrogens with one attached hydrogen (secondary N) is 1. The van der Waals surface area contributed by atoms with Crippen LogP contribution in [0.25, 0.3) is 0 Å². The molecule has 0 unspecified atom stereocenters. The third-order valence-corrected chi connectivity index (χ3v) is 6.35. The molecule has 0 amide bonds. The zero-order valence-corrected chi connectivity index (χ0v) is 18.7. The van der Waals surface area contributed by atoms with Crippen molar-refractivity contribution in [2.24, 2.45) is 0 Å². The average Bonchev–Trinajstić information content (AvgIpc) is 3.17. The maximum Gasteiger partial charge on any atom is 0.188 e. The predicted molar refractivity (Wildman–Crippen MR) is 126 cm³/mol. The number of anilines is 2. The summed E-state index contributed by atoms with van der Waals surface area (Å²) in [7, 11) is 0. The second kappa shape index (κ2) is 9.98. The van der Waals surface area contributed by atoms with E-state index in [1.807, 2.05) is 73.1 Å². The van der Waals surface area contributed by atoms with E-state index in [0.29, 0.717) is 18.2 Å². The normalized spacial score (nSPS) is 10.7. The second-order valence-electron chi connectivity index (χ2n) is 6.63. The van der Waals surface area contributed by atoms with E-state index in [1.165, 1.54) is 5.56 Å². The van der Waals surface area contributed by atoms with E-state index < -0.39 is 0 Å². The standard InChI is InChI=1S/C23H20ClN3OS2/c1-16-14-30-23(26-16)27-22-21(28-13-17-6-3-2-4-7-17)11-20(12-25-22)29-15-18-8-5-9-19(24)10-18/h2-12,14H,13,15H2,1H3,(H,25,26,27). The van der Waals surface area contributed by atoms with Crippen LogP contribution in [0, 0.1) is 6.92 Å². The number of benzene rings is 2. The maximum absolute atomic E-state index is 6.13. The Labute approximate surface area is 189 Å². The van der Waals surface area contributed by atoms with Crippen molar-refractivity contribution in [3.05, 3.63) is 94.1 Å². The van der Waals surface area contributed by atoms with Crippen LogP contribution in [0.1, 0.15) is 16.8 Å². The molecule has 152 valence electrons. The molecule has 0 aliphatic heterocycles. The van der Waals surface area contributed by atoms with Crippen molar-refractivity contribution >= 4 is 45.6 Å². The van der Waals surface area contributed by atoms with E-state index in [2.05, 4.69) is 21.4 Å². The van der Waals surface area contributed by atoms with Gasteiger partial charge in [0.2, 0.25) is 0 Å². The van der Waals surface area contributed by atoms with Crippen molar-refractivity contribution in [3.8, 4) is 5.75 Å². The van der Waals surface area contributed by atoms with Crippen molar-refractivity contribution in [2.45, 2.75) is 24.2 Å². The van der Waals surface area contributed by atoms with E-state index in [1.54, 1.807) is 23.1 Å². The largest absolute Gasteiger partial charge is 0.485 e. The number of aromatic nitrogens is 2. The lowest BCUT2D eigenvalue weighted by Gasteiger charge is -2.13. The van der Waals surface area contributed by atoms with Crippen molar-refractivity contribution in [2.75, 3.05) is 5.32 Å². The number of nitrogens with zero attached hydrogens (tertiary/aromatic N) is 2. The quantitative estimate of drug-likeness (QED) is 0.288. The Kier molecular flexibility index (Phi) is 6.89. The van der Waals surface area contributed by atoms with Gasteiger partial charge in [-0.15, -0.1) is 23.1 Å². The van der Waals surface area contributed by atoms with E-state index in [0.717, 1.165) is 32.1 Å². The Morgan fingerprint density at radius 2 is 1.90 bits per heavy atom. The summed E-state index contributed by atoms with van der Waals surface area (Å²) in [5.74, 6) is 2.16. The van der Waals surface area contributed by atoms with Gasteiger partial charge in [0.1, 0.15) is 6.61 Å². The van der Waals surface area contributed by atoms with Crippen LogP contribution < -0.4 is 10.1 Å². The van der Waals surface area contributed by atoms with Gasteiger partial charge >= 0.3 is 0 Å². The summed E-state index contributed by atoms with van der Waals surface area (Å²) in [6.07, 6.45) is 1.85. The lowest BCUT2D eigenvalue weighted by atomic mass is 10.2. The molecule has 2 heterocycles. The van der Waals surface area contributed by atoms with Gasteiger partial charge in [0.15, 0.2) is 16.7 Å². The molecule has 7 heteroatoms. The highest BCUT2D eigenvalue weighted by atomic mass is 35.5.